The first kappa shape index (κ1) is 19.1. The molecule has 1 aromatic heterocycles. The number of nitriles is 1. The van der Waals surface area contributed by atoms with Gasteiger partial charge in [-0.25, -0.2) is 0 Å². The summed E-state index contributed by atoms with van der Waals surface area (Å²) in [5.74, 6) is -0.448. The summed E-state index contributed by atoms with van der Waals surface area (Å²) in [6.45, 7) is 5.43. The molecule has 0 unspecified atom stereocenters. The number of nitrogens with zero attached hydrogens (tertiary/aromatic N) is 1. The van der Waals surface area contributed by atoms with Gasteiger partial charge in [-0.1, -0.05) is 47.5 Å². The Hall–Kier alpha value is -2.19. The van der Waals surface area contributed by atoms with Crippen molar-refractivity contribution in [3.63, 3.8) is 0 Å². The molecule has 0 aliphatic heterocycles. The van der Waals surface area contributed by atoms with E-state index in [4.69, 9.17) is 28.5 Å². The minimum Gasteiger partial charge on any atom is -0.352 e. The maximum atomic E-state index is 11.7. The van der Waals surface area contributed by atoms with Gasteiger partial charge in [-0.3, -0.25) is 4.79 Å². The van der Waals surface area contributed by atoms with Crippen LogP contribution in [0, 0.1) is 18.3 Å². The normalized spacial score (nSPS) is 9.88. The summed E-state index contributed by atoms with van der Waals surface area (Å²) >= 11 is 16.0. The van der Waals surface area contributed by atoms with Crippen molar-refractivity contribution in [1.82, 2.24) is 4.98 Å². The smallest absolute Gasteiger partial charge is 0.219 e. The molecule has 0 aliphatic carbocycles. The molecule has 2 aromatic carbocycles. The van der Waals surface area contributed by atoms with Gasteiger partial charge in [-0.05, 0) is 37.3 Å². The number of hydrogen-bond donors (Lipinski definition) is 2. The molecule has 3 nitrogen and oxygen atoms in total. The fourth-order valence-electron chi connectivity index (χ4n) is 2.04. The Balaban J connectivity index is 0.000000236. The summed E-state index contributed by atoms with van der Waals surface area (Å²) in [5.41, 5.74) is 2.08. The first-order valence-corrected chi connectivity index (χ1v) is 8.39. The lowest BCUT2D eigenvalue weighted by Gasteiger charge is -1.94. The molecule has 0 aliphatic rings. The number of fused-ring (bicyclic) bond motifs is 1. The second-order valence-electron chi connectivity index (χ2n) is 5.29. The standard InChI is InChI=1S/C12H6Cl2N2O.C7H8S/c1-6(5-15)12(17)11-4-8-9(14)2-7(13)3-10(8)16-11;1-6-2-4-7(8)5-3-6/h2-4,16H,1H2;2-5,8H,1H3. The van der Waals surface area contributed by atoms with Crippen molar-refractivity contribution in [2.24, 2.45) is 0 Å². The highest BCUT2D eigenvalue weighted by Gasteiger charge is 2.14. The Morgan fingerprint density at radius 3 is 2.40 bits per heavy atom. The predicted molar refractivity (Wildman–Crippen MR) is 106 cm³/mol. The van der Waals surface area contributed by atoms with Gasteiger partial charge in [0.1, 0.15) is 6.07 Å². The van der Waals surface area contributed by atoms with Crippen LogP contribution < -0.4 is 0 Å². The molecule has 1 N–H and O–H groups in total. The lowest BCUT2D eigenvalue weighted by atomic mass is 10.1. The molecular weight excluding hydrogens is 375 g/mol. The first-order valence-electron chi connectivity index (χ1n) is 7.19. The van der Waals surface area contributed by atoms with Crippen LogP contribution in [0.1, 0.15) is 16.1 Å². The van der Waals surface area contributed by atoms with Gasteiger partial charge in [0.2, 0.25) is 5.78 Å². The van der Waals surface area contributed by atoms with Gasteiger partial charge in [0.25, 0.3) is 0 Å². The van der Waals surface area contributed by atoms with Crippen molar-refractivity contribution in [2.75, 3.05) is 0 Å². The van der Waals surface area contributed by atoms with E-state index >= 15 is 0 Å². The van der Waals surface area contributed by atoms with Gasteiger partial charge >= 0.3 is 0 Å². The van der Waals surface area contributed by atoms with Gasteiger partial charge in [0.05, 0.1) is 16.3 Å². The van der Waals surface area contributed by atoms with Crippen molar-refractivity contribution in [1.29, 1.82) is 5.26 Å². The third kappa shape index (κ3) is 4.90. The number of allylic oxidation sites excluding steroid dienone is 1. The van der Waals surface area contributed by atoms with Gasteiger partial charge in [0.15, 0.2) is 0 Å². The number of thiol groups is 1. The van der Waals surface area contributed by atoms with E-state index < -0.39 is 5.78 Å². The largest absolute Gasteiger partial charge is 0.352 e. The maximum absolute atomic E-state index is 11.7. The number of rotatable bonds is 2. The molecule has 0 radical (unpaired) electrons. The molecule has 0 amide bonds. The van der Waals surface area contributed by atoms with Crippen LogP contribution in [-0.2, 0) is 0 Å². The average Bonchev–Trinajstić information content (AvgIpc) is 3.01. The van der Waals surface area contributed by atoms with E-state index in [2.05, 4.69) is 31.1 Å². The van der Waals surface area contributed by atoms with Crippen molar-refractivity contribution in [3.05, 3.63) is 75.9 Å². The van der Waals surface area contributed by atoms with Crippen LogP contribution in [0.3, 0.4) is 0 Å². The van der Waals surface area contributed by atoms with Crippen LogP contribution >= 0.6 is 35.8 Å². The van der Waals surface area contributed by atoms with Crippen molar-refractivity contribution in [2.45, 2.75) is 11.8 Å². The minimum absolute atomic E-state index is 0.126. The third-order valence-corrected chi connectivity index (χ3v) is 4.17. The lowest BCUT2D eigenvalue weighted by molar-refractivity contribution is 0.103. The maximum Gasteiger partial charge on any atom is 0.219 e. The average molecular weight is 389 g/mol. The fraction of sp³-hybridized carbons (Fsp3) is 0.0526. The third-order valence-electron chi connectivity index (χ3n) is 3.34. The monoisotopic (exact) mass is 388 g/mol. The number of H-pyrrole nitrogens is 1. The lowest BCUT2D eigenvalue weighted by Crippen LogP contribution is -2.00. The van der Waals surface area contributed by atoms with Crippen LogP contribution in [0.25, 0.3) is 10.9 Å². The van der Waals surface area contributed by atoms with E-state index in [1.165, 1.54) is 5.56 Å². The highest BCUT2D eigenvalue weighted by Crippen LogP contribution is 2.28. The molecule has 0 saturated carbocycles. The number of aryl methyl sites for hydroxylation is 1. The van der Waals surface area contributed by atoms with Crippen LogP contribution in [0.5, 0.6) is 0 Å². The van der Waals surface area contributed by atoms with E-state index in [1.807, 2.05) is 24.3 Å². The molecule has 3 rings (SSSR count). The molecule has 0 saturated heterocycles. The SMILES string of the molecule is C=C(C#N)C(=O)c1cc2c(Cl)cc(Cl)cc2[nH]1.Cc1ccc(S)cc1. The number of nitrogens with one attached hydrogen (secondary N) is 1. The number of halogens is 2. The van der Waals surface area contributed by atoms with Gasteiger partial charge in [-0.15, -0.1) is 12.6 Å². The van der Waals surface area contributed by atoms with E-state index in [1.54, 1.807) is 24.3 Å². The Morgan fingerprint density at radius 1 is 1.20 bits per heavy atom. The topological polar surface area (TPSA) is 56.6 Å². The zero-order valence-electron chi connectivity index (χ0n) is 13.3. The molecule has 0 atom stereocenters. The summed E-state index contributed by atoms with van der Waals surface area (Å²) in [6, 6.07) is 14.6. The summed E-state index contributed by atoms with van der Waals surface area (Å²) in [4.78, 5) is 15.6. The summed E-state index contributed by atoms with van der Waals surface area (Å²) < 4.78 is 0. The van der Waals surface area contributed by atoms with E-state index in [0.717, 1.165) is 4.90 Å². The second-order valence-corrected chi connectivity index (χ2v) is 6.65. The molecule has 126 valence electrons. The number of benzene rings is 2. The Morgan fingerprint density at radius 2 is 1.84 bits per heavy atom. The Labute approximate surface area is 161 Å². The van der Waals surface area contributed by atoms with Crippen LogP contribution in [0.4, 0.5) is 0 Å². The van der Waals surface area contributed by atoms with Gasteiger partial charge in [-0.2, -0.15) is 5.26 Å². The Kier molecular flexibility index (Phi) is 6.33. The second kappa shape index (κ2) is 8.26. The number of carbonyl (C=O) groups is 1. The number of hydrogen-bond acceptors (Lipinski definition) is 3. The molecule has 0 fully saturated rings. The number of carbonyl (C=O) groups excluding carboxylic acids is 1. The molecule has 1 heterocycles. The number of aromatic amines is 1. The van der Waals surface area contributed by atoms with E-state index in [0.29, 0.717) is 20.9 Å². The number of Topliss-reactive ketones (excluding diaryl/α,β-unsaturated/α-hetero) is 1. The highest BCUT2D eigenvalue weighted by molar-refractivity contribution is 7.80. The number of ketones is 1. The zero-order valence-corrected chi connectivity index (χ0v) is 15.7. The van der Waals surface area contributed by atoms with Crippen LogP contribution in [0.2, 0.25) is 10.0 Å². The van der Waals surface area contributed by atoms with E-state index in [9.17, 15) is 4.79 Å². The molecule has 3 aromatic rings. The fourth-order valence-corrected chi connectivity index (χ4v) is 2.74. The summed E-state index contributed by atoms with van der Waals surface area (Å²) in [6.07, 6.45) is 0. The van der Waals surface area contributed by atoms with E-state index in [-0.39, 0.29) is 11.3 Å². The van der Waals surface area contributed by atoms with Crippen LogP contribution in [-0.4, -0.2) is 10.8 Å². The molecule has 0 spiro atoms. The summed E-state index contributed by atoms with van der Waals surface area (Å²) in [5, 5.41) is 10.2. The molecule has 6 heteroatoms. The Bertz CT molecular complexity index is 964. The predicted octanol–water partition coefficient (Wildman–Crippen LogP) is 6.02. The number of aromatic nitrogens is 1. The van der Waals surface area contributed by atoms with Gasteiger partial charge < -0.3 is 4.98 Å². The molecular formula is C19H14Cl2N2OS. The quantitative estimate of drug-likeness (QED) is 0.244. The minimum atomic E-state index is -0.448. The first-order chi connectivity index (χ1) is 11.8. The van der Waals surface area contributed by atoms with Crippen molar-refractivity contribution < 1.29 is 4.79 Å². The van der Waals surface area contributed by atoms with Gasteiger partial charge in [0, 0.05) is 20.8 Å². The van der Waals surface area contributed by atoms with Crippen LogP contribution in [0.15, 0.2) is 59.5 Å². The molecule has 25 heavy (non-hydrogen) atoms. The van der Waals surface area contributed by atoms with Crippen molar-refractivity contribution >= 4 is 52.5 Å². The zero-order chi connectivity index (χ0) is 18.6. The van der Waals surface area contributed by atoms with Crippen molar-refractivity contribution in [3.8, 4) is 6.07 Å². The summed E-state index contributed by atoms with van der Waals surface area (Å²) in [7, 11) is 0. The highest BCUT2D eigenvalue weighted by atomic mass is 35.5. The molecule has 0 bridgehead atoms.